The van der Waals surface area contributed by atoms with E-state index in [4.69, 9.17) is 4.74 Å². The van der Waals surface area contributed by atoms with Gasteiger partial charge in [-0.1, -0.05) is 12.1 Å². The topological polar surface area (TPSA) is 93.9 Å². The van der Waals surface area contributed by atoms with Crippen LogP contribution in [0.25, 0.3) is 0 Å². The van der Waals surface area contributed by atoms with Gasteiger partial charge in [-0.15, -0.1) is 4.40 Å². The Labute approximate surface area is 175 Å². The zero-order valence-corrected chi connectivity index (χ0v) is 17.4. The summed E-state index contributed by atoms with van der Waals surface area (Å²) in [6, 6.07) is 8.89. The van der Waals surface area contributed by atoms with Crippen LogP contribution in [0.2, 0.25) is 0 Å². The van der Waals surface area contributed by atoms with Crippen LogP contribution in [0, 0.1) is 5.92 Å². The van der Waals surface area contributed by atoms with Gasteiger partial charge >= 0.3 is 5.97 Å². The normalized spacial score (nSPS) is 25.7. The highest BCUT2D eigenvalue weighted by molar-refractivity contribution is 7.90. The molecule has 0 unspecified atom stereocenters. The molecule has 2 aliphatic heterocycles. The minimum absolute atomic E-state index is 0.110. The number of benzene rings is 1. The molecule has 0 bridgehead atoms. The van der Waals surface area contributed by atoms with Crippen molar-refractivity contribution in [3.63, 3.8) is 0 Å². The molecule has 9 heteroatoms. The van der Waals surface area contributed by atoms with Crippen molar-refractivity contribution in [1.29, 1.82) is 0 Å². The van der Waals surface area contributed by atoms with Crippen molar-refractivity contribution in [2.45, 2.75) is 49.1 Å². The van der Waals surface area contributed by atoms with E-state index in [0.29, 0.717) is 37.3 Å². The van der Waals surface area contributed by atoms with Crippen molar-refractivity contribution in [1.82, 2.24) is 14.7 Å². The van der Waals surface area contributed by atoms with Crippen molar-refractivity contribution in [3.05, 3.63) is 48.3 Å². The van der Waals surface area contributed by atoms with E-state index in [2.05, 4.69) is 9.50 Å². The van der Waals surface area contributed by atoms with E-state index in [0.717, 1.165) is 19.3 Å². The maximum Gasteiger partial charge on any atom is 0.309 e. The molecule has 1 aromatic heterocycles. The molecule has 0 radical (unpaired) electrons. The Hall–Kier alpha value is -2.68. The number of ether oxygens (including phenoxy) is 1. The van der Waals surface area contributed by atoms with Crippen LogP contribution in [0.1, 0.15) is 43.7 Å². The quantitative estimate of drug-likeness (QED) is 0.697. The van der Waals surface area contributed by atoms with Gasteiger partial charge < -0.3 is 9.64 Å². The highest BCUT2D eigenvalue weighted by Gasteiger charge is 2.37. The first-order chi connectivity index (χ1) is 14.5. The number of esters is 1. The van der Waals surface area contributed by atoms with Crippen molar-refractivity contribution < 1.29 is 17.9 Å². The highest BCUT2D eigenvalue weighted by atomic mass is 32.2. The Bertz CT molecular complexity index is 1070. The summed E-state index contributed by atoms with van der Waals surface area (Å²) in [5.74, 6) is 0.168. The average molecular weight is 429 g/mol. The summed E-state index contributed by atoms with van der Waals surface area (Å²) in [5, 5.41) is 4.31. The lowest BCUT2D eigenvalue weighted by Gasteiger charge is -2.33. The van der Waals surface area contributed by atoms with E-state index < -0.39 is 10.0 Å². The van der Waals surface area contributed by atoms with Gasteiger partial charge in [-0.2, -0.15) is 13.5 Å². The maximum absolute atomic E-state index is 12.8. The van der Waals surface area contributed by atoms with E-state index in [1.807, 2.05) is 27.9 Å². The molecule has 158 valence electrons. The first-order valence-electron chi connectivity index (χ1n) is 10.4. The zero-order valence-electron chi connectivity index (χ0n) is 16.6. The van der Waals surface area contributed by atoms with Gasteiger partial charge in [-0.25, -0.2) is 0 Å². The Morgan fingerprint density at radius 2 is 1.87 bits per heavy atom. The number of fused-ring (bicyclic) bond motifs is 1. The van der Waals surface area contributed by atoms with E-state index in [1.165, 1.54) is 0 Å². The monoisotopic (exact) mass is 428 g/mol. The standard InChI is InChI=1S/C21H24N4O4S/c26-21(29-18-7-3-6-17(18)25-12-4-11-22-25)15-9-13-24(14-10-15)20-16-5-1-2-8-19(16)30(27,28)23-20/h1-2,4-5,8,11-12,15,17-18H,3,6-7,9-10,13-14H2/t17-,18-/m1/s1. The molecule has 3 aliphatic rings. The van der Waals surface area contributed by atoms with E-state index in [-0.39, 0.29) is 28.9 Å². The largest absolute Gasteiger partial charge is 0.460 e. The number of nitrogens with zero attached hydrogens (tertiary/aromatic N) is 4. The second-order valence-electron chi connectivity index (χ2n) is 8.11. The molecule has 1 saturated carbocycles. The van der Waals surface area contributed by atoms with Gasteiger partial charge in [0.05, 0.1) is 12.0 Å². The molecule has 2 aromatic rings. The minimum Gasteiger partial charge on any atom is -0.460 e. The molecular weight excluding hydrogens is 404 g/mol. The number of likely N-dealkylation sites (tertiary alicyclic amines) is 1. The van der Waals surface area contributed by atoms with Gasteiger partial charge in [0.25, 0.3) is 10.0 Å². The predicted molar refractivity (Wildman–Crippen MR) is 109 cm³/mol. The first-order valence-corrected chi connectivity index (χ1v) is 11.9. The lowest BCUT2D eigenvalue weighted by molar-refractivity contribution is -0.157. The fourth-order valence-electron chi connectivity index (χ4n) is 4.71. The minimum atomic E-state index is -3.63. The molecule has 3 heterocycles. The fraction of sp³-hybridized carbons (Fsp3) is 0.476. The number of sulfonamides is 1. The molecule has 8 nitrogen and oxygen atoms in total. The molecular formula is C21H24N4O4S. The molecule has 2 atom stereocenters. The number of aromatic nitrogens is 2. The molecule has 5 rings (SSSR count). The van der Waals surface area contributed by atoms with E-state index in [1.54, 1.807) is 24.4 Å². The summed E-state index contributed by atoms with van der Waals surface area (Å²) < 4.78 is 36.4. The number of carbonyl (C=O) groups excluding carboxylic acids is 1. The summed E-state index contributed by atoms with van der Waals surface area (Å²) in [6.45, 7) is 1.16. The fourth-order valence-corrected chi connectivity index (χ4v) is 5.94. The van der Waals surface area contributed by atoms with Gasteiger partial charge in [0.2, 0.25) is 0 Å². The average Bonchev–Trinajstić information content (AvgIpc) is 3.48. The lowest BCUT2D eigenvalue weighted by atomic mass is 9.96. The predicted octanol–water partition coefficient (Wildman–Crippen LogP) is 2.38. The third kappa shape index (κ3) is 3.40. The van der Waals surface area contributed by atoms with Gasteiger partial charge in [0.1, 0.15) is 11.0 Å². The van der Waals surface area contributed by atoms with Crippen molar-refractivity contribution in [2.75, 3.05) is 13.1 Å². The Balaban J connectivity index is 1.22. The first kappa shape index (κ1) is 19.3. The molecule has 0 spiro atoms. The van der Waals surface area contributed by atoms with Crippen LogP contribution in [-0.2, 0) is 19.6 Å². The van der Waals surface area contributed by atoms with Crippen LogP contribution in [0.3, 0.4) is 0 Å². The number of hydrogen-bond donors (Lipinski definition) is 0. The van der Waals surface area contributed by atoms with Gasteiger partial charge in [0.15, 0.2) is 5.84 Å². The van der Waals surface area contributed by atoms with E-state index in [9.17, 15) is 13.2 Å². The molecule has 2 fully saturated rings. The number of carbonyl (C=O) groups is 1. The smallest absolute Gasteiger partial charge is 0.309 e. The SMILES string of the molecule is O=C(O[C@@H]1CCC[C@H]1n1cccn1)C1CCN(C2=NS(=O)(=O)c3ccccc32)CC1. The van der Waals surface area contributed by atoms with Crippen LogP contribution in [-0.4, -0.2) is 54.1 Å². The second-order valence-corrected chi connectivity index (χ2v) is 9.68. The van der Waals surface area contributed by atoms with Crippen LogP contribution < -0.4 is 0 Å². The number of rotatable bonds is 3. The van der Waals surface area contributed by atoms with Gasteiger partial charge in [0, 0.05) is 31.0 Å². The summed E-state index contributed by atoms with van der Waals surface area (Å²) in [7, 11) is -3.63. The third-order valence-corrected chi connectivity index (χ3v) is 7.62. The summed E-state index contributed by atoms with van der Waals surface area (Å²) in [4.78, 5) is 15.0. The molecule has 0 amide bonds. The molecule has 1 saturated heterocycles. The summed E-state index contributed by atoms with van der Waals surface area (Å²) in [5.41, 5.74) is 0.645. The van der Waals surface area contributed by atoms with Crippen molar-refractivity contribution in [2.24, 2.45) is 10.3 Å². The summed E-state index contributed by atoms with van der Waals surface area (Å²) >= 11 is 0. The van der Waals surface area contributed by atoms with Crippen molar-refractivity contribution in [3.8, 4) is 0 Å². The van der Waals surface area contributed by atoms with Gasteiger partial charge in [-0.3, -0.25) is 9.48 Å². The van der Waals surface area contributed by atoms with E-state index >= 15 is 0 Å². The molecule has 1 aliphatic carbocycles. The Morgan fingerprint density at radius 3 is 2.63 bits per heavy atom. The molecule has 1 aromatic carbocycles. The maximum atomic E-state index is 12.8. The van der Waals surface area contributed by atoms with Crippen LogP contribution in [0.5, 0.6) is 0 Å². The molecule has 30 heavy (non-hydrogen) atoms. The second kappa shape index (κ2) is 7.54. The van der Waals surface area contributed by atoms with Crippen LogP contribution >= 0.6 is 0 Å². The van der Waals surface area contributed by atoms with Crippen LogP contribution in [0.15, 0.2) is 52.0 Å². The number of amidine groups is 1. The lowest BCUT2D eigenvalue weighted by Crippen LogP contribution is -2.41. The number of piperidine rings is 1. The summed E-state index contributed by atoms with van der Waals surface area (Å²) in [6.07, 6.45) is 7.63. The van der Waals surface area contributed by atoms with Gasteiger partial charge in [-0.05, 0) is 50.3 Å². The highest BCUT2D eigenvalue weighted by Crippen LogP contribution is 2.34. The zero-order chi connectivity index (χ0) is 20.7. The Morgan fingerprint density at radius 1 is 1.07 bits per heavy atom. The van der Waals surface area contributed by atoms with Crippen molar-refractivity contribution >= 4 is 21.8 Å². The third-order valence-electron chi connectivity index (χ3n) is 6.29. The number of hydrogen-bond acceptors (Lipinski definition) is 6. The molecule has 0 N–H and O–H groups in total. The Kier molecular flexibility index (Phi) is 4.85. The van der Waals surface area contributed by atoms with Crippen LogP contribution in [0.4, 0.5) is 0 Å².